The zero-order chi connectivity index (χ0) is 17.4. The predicted octanol–water partition coefficient (Wildman–Crippen LogP) is 7.61. The standard InChI is InChI=1S/C12H19N.2C3H8.C2H6/c1-6-8(2)7-12-9(3)10(4)13-11(12)5;2*1-3-2;1-2/h7,13H,6H2,1-5H3;2*3H2,1-2H3;1-2H3/b8-7-;;;. The molecular weight excluding hydrogens is 254 g/mol. The minimum atomic E-state index is 1.13. The first kappa shape index (κ1) is 25.0. The topological polar surface area (TPSA) is 15.8 Å². The number of aromatic amines is 1. The Kier molecular flexibility index (Phi) is 20.3. The molecule has 0 unspecified atom stereocenters. The van der Waals surface area contributed by atoms with Gasteiger partial charge < -0.3 is 4.98 Å². The molecule has 0 spiro atoms. The van der Waals surface area contributed by atoms with Crippen molar-refractivity contribution in [3.8, 4) is 0 Å². The maximum absolute atomic E-state index is 3.36. The number of allylic oxidation sites excluding steroid dienone is 1. The summed E-state index contributed by atoms with van der Waals surface area (Å²) in [4.78, 5) is 3.36. The van der Waals surface area contributed by atoms with Crippen LogP contribution in [0.5, 0.6) is 0 Å². The van der Waals surface area contributed by atoms with E-state index in [9.17, 15) is 0 Å². The highest BCUT2D eigenvalue weighted by Crippen LogP contribution is 2.20. The number of aryl methyl sites for hydroxylation is 2. The first-order valence-electron chi connectivity index (χ1n) is 8.72. The van der Waals surface area contributed by atoms with Gasteiger partial charge in [-0.15, -0.1) is 0 Å². The molecule has 1 heterocycles. The van der Waals surface area contributed by atoms with Crippen LogP contribution in [0.3, 0.4) is 0 Å². The average Bonchev–Trinajstić information content (AvgIpc) is 2.69. The minimum Gasteiger partial charge on any atom is -0.362 e. The summed E-state index contributed by atoms with van der Waals surface area (Å²) in [6.45, 7) is 23.3. The molecular formula is C20H41N. The quantitative estimate of drug-likeness (QED) is 0.577. The Bertz CT molecular complexity index is 354. The van der Waals surface area contributed by atoms with Gasteiger partial charge in [0.1, 0.15) is 0 Å². The van der Waals surface area contributed by atoms with Gasteiger partial charge in [0.15, 0.2) is 0 Å². The third-order valence-electron chi connectivity index (χ3n) is 2.69. The van der Waals surface area contributed by atoms with Crippen LogP contribution in [0.1, 0.15) is 97.2 Å². The zero-order valence-electron chi connectivity index (χ0n) is 16.7. The summed E-state index contributed by atoms with van der Waals surface area (Å²) >= 11 is 0. The monoisotopic (exact) mass is 295 g/mol. The van der Waals surface area contributed by atoms with Gasteiger partial charge in [0.25, 0.3) is 0 Å². The highest BCUT2D eigenvalue weighted by Gasteiger charge is 2.05. The Morgan fingerprint density at radius 2 is 1.24 bits per heavy atom. The molecule has 1 N–H and O–H groups in total. The van der Waals surface area contributed by atoms with E-state index >= 15 is 0 Å². The second kappa shape index (κ2) is 17.1. The number of hydrogen-bond donors (Lipinski definition) is 1. The van der Waals surface area contributed by atoms with Crippen molar-refractivity contribution in [2.24, 2.45) is 0 Å². The molecule has 1 aromatic heterocycles. The summed E-state index contributed by atoms with van der Waals surface area (Å²) in [5, 5.41) is 0. The SMILES string of the molecule is CC.CC/C(C)=C\c1c(C)[nH]c(C)c1C.CCC.CCC. The van der Waals surface area contributed by atoms with Crippen LogP contribution in [0, 0.1) is 20.8 Å². The third kappa shape index (κ3) is 12.5. The highest BCUT2D eigenvalue weighted by atomic mass is 14.7. The van der Waals surface area contributed by atoms with E-state index in [1.807, 2.05) is 13.8 Å². The first-order valence-corrected chi connectivity index (χ1v) is 8.72. The van der Waals surface area contributed by atoms with Gasteiger partial charge in [0.2, 0.25) is 0 Å². The van der Waals surface area contributed by atoms with Crippen LogP contribution in [0.25, 0.3) is 6.08 Å². The molecule has 0 aromatic carbocycles. The molecule has 0 aliphatic heterocycles. The van der Waals surface area contributed by atoms with E-state index in [4.69, 9.17) is 0 Å². The van der Waals surface area contributed by atoms with E-state index in [-0.39, 0.29) is 0 Å². The molecule has 0 aliphatic rings. The lowest BCUT2D eigenvalue weighted by atomic mass is 10.1. The normalized spacial score (nSPS) is 9.57. The summed E-state index contributed by atoms with van der Waals surface area (Å²) in [5.74, 6) is 0. The molecule has 21 heavy (non-hydrogen) atoms. The Hall–Kier alpha value is -0.980. The lowest BCUT2D eigenvalue weighted by Crippen LogP contribution is -1.80. The summed E-state index contributed by atoms with van der Waals surface area (Å²) < 4.78 is 0. The van der Waals surface area contributed by atoms with Gasteiger partial charge in [-0.2, -0.15) is 0 Å². The summed E-state index contributed by atoms with van der Waals surface area (Å²) in [5.41, 5.74) is 6.75. The molecule has 0 saturated carbocycles. The lowest BCUT2D eigenvalue weighted by molar-refractivity contribution is 1.09. The van der Waals surface area contributed by atoms with Gasteiger partial charge in [0.05, 0.1) is 0 Å². The van der Waals surface area contributed by atoms with Gasteiger partial charge >= 0.3 is 0 Å². The summed E-state index contributed by atoms with van der Waals surface area (Å²) in [7, 11) is 0. The molecule has 0 bridgehead atoms. The summed E-state index contributed by atoms with van der Waals surface area (Å²) in [6, 6.07) is 0. The van der Waals surface area contributed by atoms with Gasteiger partial charge in [-0.3, -0.25) is 0 Å². The minimum absolute atomic E-state index is 1.13. The highest BCUT2D eigenvalue weighted by molar-refractivity contribution is 5.60. The van der Waals surface area contributed by atoms with Crippen LogP contribution in [0.2, 0.25) is 0 Å². The van der Waals surface area contributed by atoms with Crippen molar-refractivity contribution in [2.45, 2.75) is 95.4 Å². The van der Waals surface area contributed by atoms with Crippen LogP contribution in [-0.2, 0) is 0 Å². The lowest BCUT2D eigenvalue weighted by Gasteiger charge is -1.98. The van der Waals surface area contributed by atoms with Crippen molar-refractivity contribution in [2.75, 3.05) is 0 Å². The molecule has 1 aromatic rings. The molecule has 0 amide bonds. The number of H-pyrrole nitrogens is 1. The maximum Gasteiger partial charge on any atom is 0.0193 e. The van der Waals surface area contributed by atoms with E-state index in [0.29, 0.717) is 0 Å². The zero-order valence-corrected chi connectivity index (χ0v) is 16.7. The van der Waals surface area contributed by atoms with Crippen molar-refractivity contribution in [1.29, 1.82) is 0 Å². The first-order chi connectivity index (χ1) is 9.89. The van der Waals surface area contributed by atoms with Crippen molar-refractivity contribution >= 4 is 6.08 Å². The van der Waals surface area contributed by atoms with Crippen molar-refractivity contribution in [3.05, 3.63) is 28.1 Å². The molecule has 0 radical (unpaired) electrons. The Balaban J connectivity index is -0.000000342. The average molecular weight is 296 g/mol. The van der Waals surface area contributed by atoms with E-state index in [0.717, 1.165) is 6.42 Å². The van der Waals surface area contributed by atoms with Crippen LogP contribution in [-0.4, -0.2) is 4.98 Å². The second-order valence-electron chi connectivity index (χ2n) is 5.17. The van der Waals surface area contributed by atoms with E-state index in [1.165, 1.54) is 40.9 Å². The van der Waals surface area contributed by atoms with Crippen molar-refractivity contribution in [3.63, 3.8) is 0 Å². The molecule has 1 heteroatoms. The number of hydrogen-bond acceptors (Lipinski definition) is 0. The van der Waals surface area contributed by atoms with E-state index < -0.39 is 0 Å². The Labute approximate surface area is 135 Å². The predicted molar refractivity (Wildman–Crippen MR) is 102 cm³/mol. The van der Waals surface area contributed by atoms with Crippen LogP contribution in [0.4, 0.5) is 0 Å². The molecule has 0 fully saturated rings. The molecule has 1 nitrogen and oxygen atoms in total. The molecule has 126 valence electrons. The molecule has 0 saturated heterocycles. The second-order valence-corrected chi connectivity index (χ2v) is 5.17. The Morgan fingerprint density at radius 1 is 0.857 bits per heavy atom. The third-order valence-corrected chi connectivity index (χ3v) is 2.69. The fourth-order valence-corrected chi connectivity index (χ4v) is 1.49. The van der Waals surface area contributed by atoms with E-state index in [1.54, 1.807) is 0 Å². The van der Waals surface area contributed by atoms with E-state index in [2.05, 4.69) is 73.4 Å². The number of nitrogens with one attached hydrogen (secondary N) is 1. The van der Waals surface area contributed by atoms with Gasteiger partial charge in [-0.05, 0) is 45.2 Å². The van der Waals surface area contributed by atoms with Crippen molar-refractivity contribution < 1.29 is 0 Å². The fourth-order valence-electron chi connectivity index (χ4n) is 1.49. The number of rotatable bonds is 2. The fraction of sp³-hybridized carbons (Fsp3) is 0.700. The van der Waals surface area contributed by atoms with Gasteiger partial charge in [-0.1, -0.05) is 73.0 Å². The van der Waals surface area contributed by atoms with Crippen LogP contribution >= 0.6 is 0 Å². The Morgan fingerprint density at radius 3 is 1.48 bits per heavy atom. The maximum atomic E-state index is 3.36. The van der Waals surface area contributed by atoms with Gasteiger partial charge in [-0.25, -0.2) is 0 Å². The van der Waals surface area contributed by atoms with Crippen molar-refractivity contribution in [1.82, 2.24) is 4.98 Å². The van der Waals surface area contributed by atoms with Crippen LogP contribution in [0.15, 0.2) is 5.57 Å². The summed E-state index contributed by atoms with van der Waals surface area (Å²) in [6.07, 6.45) is 5.91. The number of aromatic nitrogens is 1. The molecule has 0 aliphatic carbocycles. The molecule has 1 rings (SSSR count). The van der Waals surface area contributed by atoms with Gasteiger partial charge in [0, 0.05) is 11.4 Å². The van der Waals surface area contributed by atoms with Crippen LogP contribution < -0.4 is 0 Å². The largest absolute Gasteiger partial charge is 0.362 e. The molecule has 0 atom stereocenters. The smallest absolute Gasteiger partial charge is 0.0193 e.